The lowest BCUT2D eigenvalue weighted by Crippen LogP contribution is -3.15. The van der Waals surface area contributed by atoms with E-state index in [0.717, 1.165) is 16.0 Å². The van der Waals surface area contributed by atoms with Crippen molar-refractivity contribution in [3.05, 3.63) is 77.2 Å². The molecule has 2 N–H and O–H groups in total. The van der Waals surface area contributed by atoms with Gasteiger partial charge in [-0.05, 0) is 17.2 Å². The minimum absolute atomic E-state index is 0.0147. The van der Waals surface area contributed by atoms with Crippen molar-refractivity contribution in [1.29, 1.82) is 0 Å². The Morgan fingerprint density at radius 2 is 1.61 bits per heavy atom. The zero-order chi connectivity index (χ0) is 19.8. The van der Waals surface area contributed by atoms with Gasteiger partial charge in [0.15, 0.2) is 6.54 Å². The molecule has 2 aromatic carbocycles. The number of nitrogens with zero attached hydrogens (tertiary/aromatic N) is 1. The second-order valence-corrected chi connectivity index (χ2v) is 8.67. The molecule has 0 radical (unpaired) electrons. The van der Waals surface area contributed by atoms with E-state index in [9.17, 15) is 13.2 Å². The third-order valence-corrected chi connectivity index (χ3v) is 6.33. The number of amides is 1. The summed E-state index contributed by atoms with van der Waals surface area (Å²) in [5.41, 5.74) is 1.91. The zero-order valence-corrected chi connectivity index (χ0v) is 16.6. The SMILES string of the molecule is O=C(C[NH+]1CCN(S(=O)(=O)/C=C/c2ccccc2)CC1)NCc1ccccc1. The molecule has 0 unspecified atom stereocenters. The first-order chi connectivity index (χ1) is 13.5. The summed E-state index contributed by atoms with van der Waals surface area (Å²) in [6.07, 6.45) is 1.62. The van der Waals surface area contributed by atoms with Gasteiger partial charge in [0.2, 0.25) is 10.0 Å². The van der Waals surface area contributed by atoms with E-state index in [1.54, 1.807) is 6.08 Å². The number of piperazine rings is 1. The van der Waals surface area contributed by atoms with E-state index in [2.05, 4.69) is 5.32 Å². The fraction of sp³-hybridized carbons (Fsp3) is 0.286. The van der Waals surface area contributed by atoms with Crippen molar-refractivity contribution in [2.75, 3.05) is 32.7 Å². The molecule has 1 amide bonds. The van der Waals surface area contributed by atoms with Gasteiger partial charge >= 0.3 is 0 Å². The Morgan fingerprint density at radius 1 is 1.00 bits per heavy atom. The van der Waals surface area contributed by atoms with Gasteiger partial charge in [0.25, 0.3) is 5.91 Å². The summed E-state index contributed by atoms with van der Waals surface area (Å²) in [6.45, 7) is 2.96. The average molecular weight is 401 g/mol. The Hall–Kier alpha value is -2.48. The number of benzene rings is 2. The molecule has 0 aromatic heterocycles. The van der Waals surface area contributed by atoms with Crippen LogP contribution in [-0.2, 0) is 21.4 Å². The highest BCUT2D eigenvalue weighted by Gasteiger charge is 2.28. The predicted octanol–water partition coefficient (Wildman–Crippen LogP) is 0.504. The van der Waals surface area contributed by atoms with Gasteiger partial charge in [0.1, 0.15) is 0 Å². The highest BCUT2D eigenvalue weighted by Crippen LogP contribution is 2.08. The average Bonchev–Trinajstić information content (AvgIpc) is 2.73. The number of quaternary nitrogens is 1. The monoisotopic (exact) mass is 400 g/mol. The van der Waals surface area contributed by atoms with E-state index < -0.39 is 10.0 Å². The Balaban J connectivity index is 1.44. The second kappa shape index (κ2) is 9.64. The number of nitrogens with one attached hydrogen (secondary N) is 2. The maximum Gasteiger partial charge on any atom is 0.275 e. The van der Waals surface area contributed by atoms with Crippen molar-refractivity contribution >= 4 is 22.0 Å². The van der Waals surface area contributed by atoms with Crippen LogP contribution in [0.25, 0.3) is 6.08 Å². The minimum atomic E-state index is -3.44. The van der Waals surface area contributed by atoms with Crippen LogP contribution in [0.2, 0.25) is 0 Å². The molecule has 1 aliphatic rings. The second-order valence-electron chi connectivity index (χ2n) is 6.85. The molecule has 0 bridgehead atoms. The minimum Gasteiger partial charge on any atom is -0.347 e. The Labute approximate surface area is 166 Å². The van der Waals surface area contributed by atoms with E-state index in [1.165, 1.54) is 9.71 Å². The lowest BCUT2D eigenvalue weighted by atomic mass is 10.2. The highest BCUT2D eigenvalue weighted by atomic mass is 32.2. The highest BCUT2D eigenvalue weighted by molar-refractivity contribution is 7.92. The van der Waals surface area contributed by atoms with Crippen LogP contribution >= 0.6 is 0 Å². The fourth-order valence-corrected chi connectivity index (χ4v) is 4.33. The number of rotatable bonds is 7. The van der Waals surface area contributed by atoms with Crippen molar-refractivity contribution in [2.24, 2.45) is 0 Å². The van der Waals surface area contributed by atoms with E-state index >= 15 is 0 Å². The van der Waals surface area contributed by atoms with Crippen molar-refractivity contribution in [3.8, 4) is 0 Å². The first-order valence-corrected chi connectivity index (χ1v) is 10.9. The Kier molecular flexibility index (Phi) is 6.97. The number of carbonyl (C=O) groups excluding carboxylic acids is 1. The summed E-state index contributed by atoms with van der Waals surface area (Å²) in [4.78, 5) is 13.2. The largest absolute Gasteiger partial charge is 0.347 e. The molecule has 0 saturated carbocycles. The van der Waals surface area contributed by atoms with Gasteiger partial charge < -0.3 is 10.2 Å². The Bertz CT molecular complexity index is 891. The maximum atomic E-state index is 12.5. The molecule has 1 fully saturated rings. The number of carbonyl (C=O) groups is 1. The number of hydrogen-bond donors (Lipinski definition) is 2. The van der Waals surface area contributed by atoms with E-state index in [-0.39, 0.29) is 5.91 Å². The van der Waals surface area contributed by atoms with Gasteiger partial charge in [-0.3, -0.25) is 4.79 Å². The van der Waals surface area contributed by atoms with E-state index in [4.69, 9.17) is 0 Å². The Morgan fingerprint density at radius 3 is 2.25 bits per heavy atom. The molecule has 28 heavy (non-hydrogen) atoms. The summed E-state index contributed by atoms with van der Waals surface area (Å²) in [6, 6.07) is 19.1. The van der Waals surface area contributed by atoms with Crippen LogP contribution in [-0.4, -0.2) is 51.4 Å². The molecule has 0 spiro atoms. The first-order valence-electron chi connectivity index (χ1n) is 9.40. The lowest BCUT2D eigenvalue weighted by Gasteiger charge is -2.30. The molecule has 6 nitrogen and oxygen atoms in total. The lowest BCUT2D eigenvalue weighted by molar-refractivity contribution is -0.895. The fourth-order valence-electron chi connectivity index (χ4n) is 3.13. The van der Waals surface area contributed by atoms with Crippen molar-refractivity contribution in [2.45, 2.75) is 6.54 Å². The van der Waals surface area contributed by atoms with Crippen LogP contribution < -0.4 is 10.2 Å². The third-order valence-electron chi connectivity index (χ3n) is 4.76. The zero-order valence-electron chi connectivity index (χ0n) is 15.8. The van der Waals surface area contributed by atoms with E-state index in [1.807, 2.05) is 60.7 Å². The standard InChI is InChI=1S/C21H25N3O3S/c25-21(22-17-20-9-5-2-6-10-20)18-23-12-14-24(15-13-23)28(26,27)16-11-19-7-3-1-4-8-19/h1-11,16H,12-15,17-18H2,(H,22,25)/p+1/b16-11+. The van der Waals surface area contributed by atoms with Gasteiger partial charge in [-0.1, -0.05) is 60.7 Å². The molecule has 7 heteroatoms. The van der Waals surface area contributed by atoms with Gasteiger partial charge in [-0.2, -0.15) is 4.31 Å². The topological polar surface area (TPSA) is 70.9 Å². The molecule has 3 rings (SSSR count). The van der Waals surface area contributed by atoms with Crippen molar-refractivity contribution in [3.63, 3.8) is 0 Å². The van der Waals surface area contributed by atoms with Crippen molar-refractivity contribution in [1.82, 2.24) is 9.62 Å². The summed E-state index contributed by atoms with van der Waals surface area (Å²) < 4.78 is 26.5. The van der Waals surface area contributed by atoms with Crippen molar-refractivity contribution < 1.29 is 18.1 Å². The smallest absolute Gasteiger partial charge is 0.275 e. The molecular weight excluding hydrogens is 374 g/mol. The molecule has 1 heterocycles. The summed E-state index contributed by atoms with van der Waals surface area (Å²) in [7, 11) is -3.44. The molecular formula is C21H26N3O3S+. The van der Waals surface area contributed by atoms with Gasteiger partial charge in [-0.15, -0.1) is 0 Å². The van der Waals surface area contributed by atoms with Crippen LogP contribution in [0.4, 0.5) is 0 Å². The summed E-state index contributed by atoms with van der Waals surface area (Å²) >= 11 is 0. The van der Waals surface area contributed by atoms with Crippen LogP contribution in [0.3, 0.4) is 0 Å². The molecule has 0 atom stereocenters. The first kappa shape index (κ1) is 20.3. The number of hydrogen-bond acceptors (Lipinski definition) is 3. The summed E-state index contributed by atoms with van der Waals surface area (Å²) in [5, 5.41) is 4.19. The number of sulfonamides is 1. The van der Waals surface area contributed by atoms with Crippen LogP contribution in [0.5, 0.6) is 0 Å². The molecule has 1 saturated heterocycles. The summed E-state index contributed by atoms with van der Waals surface area (Å²) in [5.74, 6) is -0.0147. The molecule has 0 aliphatic carbocycles. The predicted molar refractivity (Wildman–Crippen MR) is 110 cm³/mol. The van der Waals surface area contributed by atoms with Gasteiger partial charge in [-0.25, -0.2) is 8.42 Å². The van der Waals surface area contributed by atoms with Crippen LogP contribution in [0.1, 0.15) is 11.1 Å². The van der Waals surface area contributed by atoms with Gasteiger partial charge in [0.05, 0.1) is 26.2 Å². The molecule has 148 valence electrons. The maximum absolute atomic E-state index is 12.5. The quantitative estimate of drug-likeness (QED) is 0.711. The van der Waals surface area contributed by atoms with Gasteiger partial charge in [0, 0.05) is 12.0 Å². The molecule has 2 aromatic rings. The molecule has 1 aliphatic heterocycles. The third kappa shape index (κ3) is 6.02. The normalized spacial score (nSPS) is 16.3. The van der Waals surface area contributed by atoms with E-state index in [0.29, 0.717) is 39.3 Å². The van der Waals surface area contributed by atoms with Crippen LogP contribution in [0, 0.1) is 0 Å². The van der Waals surface area contributed by atoms with Crippen LogP contribution in [0.15, 0.2) is 66.1 Å².